The fourth-order valence-electron chi connectivity index (χ4n) is 3.10. The molecule has 0 heterocycles. The molecule has 0 bridgehead atoms. The fourth-order valence-corrected chi connectivity index (χ4v) is 4.89. The van der Waals surface area contributed by atoms with E-state index in [1.807, 2.05) is 6.07 Å². The van der Waals surface area contributed by atoms with Crippen molar-refractivity contribution in [3.05, 3.63) is 28.8 Å². The van der Waals surface area contributed by atoms with E-state index in [4.69, 9.17) is 16.9 Å². The number of nitrogens with one attached hydrogen (secondary N) is 1. The van der Waals surface area contributed by atoms with Crippen LogP contribution in [-0.2, 0) is 10.0 Å². The Hall–Kier alpha value is -1.09. The van der Waals surface area contributed by atoms with Crippen molar-refractivity contribution < 1.29 is 8.42 Å². The number of nitriles is 1. The van der Waals surface area contributed by atoms with Crippen LogP contribution in [0.2, 0.25) is 5.02 Å². The van der Waals surface area contributed by atoms with E-state index in [1.165, 1.54) is 18.2 Å². The SMILES string of the molecule is CC1CC(C)CC(NS(=O)(=O)c2cc(C#N)ccc2Cl)C1. The molecule has 1 saturated carbocycles. The van der Waals surface area contributed by atoms with Gasteiger partial charge >= 0.3 is 0 Å². The first kappa shape index (κ1) is 16.3. The molecule has 0 aromatic heterocycles. The first-order valence-corrected chi connectivity index (χ1v) is 8.90. The molecule has 0 spiro atoms. The summed E-state index contributed by atoms with van der Waals surface area (Å²) in [5.74, 6) is 1.00. The van der Waals surface area contributed by atoms with Gasteiger partial charge in [0.05, 0.1) is 16.7 Å². The third-order valence-corrected chi connectivity index (χ3v) is 5.85. The molecule has 114 valence electrons. The summed E-state index contributed by atoms with van der Waals surface area (Å²) in [5.41, 5.74) is 0.283. The van der Waals surface area contributed by atoms with Gasteiger partial charge in [-0.1, -0.05) is 25.4 Å². The van der Waals surface area contributed by atoms with Gasteiger partial charge in [-0.05, 0) is 49.3 Å². The smallest absolute Gasteiger partial charge is 0.208 e. The van der Waals surface area contributed by atoms with Crippen LogP contribution in [0.25, 0.3) is 0 Å². The number of halogens is 1. The van der Waals surface area contributed by atoms with Crippen molar-refractivity contribution in [1.82, 2.24) is 4.72 Å². The summed E-state index contributed by atoms with van der Waals surface area (Å²) < 4.78 is 27.7. The van der Waals surface area contributed by atoms with Crippen molar-refractivity contribution in [2.45, 2.75) is 44.0 Å². The molecule has 1 aromatic rings. The normalized spacial score (nSPS) is 26.3. The quantitative estimate of drug-likeness (QED) is 0.926. The number of nitrogens with zero attached hydrogens (tertiary/aromatic N) is 1. The Morgan fingerprint density at radius 3 is 2.43 bits per heavy atom. The maximum absolute atomic E-state index is 12.5. The second kappa shape index (κ2) is 6.35. The molecule has 21 heavy (non-hydrogen) atoms. The van der Waals surface area contributed by atoms with Gasteiger partial charge in [-0.15, -0.1) is 0 Å². The maximum Gasteiger partial charge on any atom is 0.242 e. The number of hydrogen-bond donors (Lipinski definition) is 1. The topological polar surface area (TPSA) is 70.0 Å². The predicted octanol–water partition coefficient (Wildman–Crippen LogP) is 3.31. The van der Waals surface area contributed by atoms with E-state index in [2.05, 4.69) is 18.6 Å². The third kappa shape index (κ3) is 3.97. The van der Waals surface area contributed by atoms with Crippen LogP contribution in [0.1, 0.15) is 38.7 Å². The molecule has 6 heteroatoms. The molecule has 4 nitrogen and oxygen atoms in total. The highest BCUT2D eigenvalue weighted by atomic mass is 35.5. The average Bonchev–Trinajstić information content (AvgIpc) is 2.37. The van der Waals surface area contributed by atoms with Gasteiger partial charge in [-0.3, -0.25) is 0 Å². The highest BCUT2D eigenvalue weighted by molar-refractivity contribution is 7.89. The van der Waals surface area contributed by atoms with E-state index < -0.39 is 10.0 Å². The van der Waals surface area contributed by atoms with Crippen LogP contribution in [0.3, 0.4) is 0 Å². The Morgan fingerprint density at radius 1 is 1.24 bits per heavy atom. The van der Waals surface area contributed by atoms with Crippen molar-refractivity contribution in [1.29, 1.82) is 5.26 Å². The van der Waals surface area contributed by atoms with Crippen LogP contribution in [-0.4, -0.2) is 14.5 Å². The van der Waals surface area contributed by atoms with Crippen molar-refractivity contribution in [2.24, 2.45) is 11.8 Å². The van der Waals surface area contributed by atoms with Crippen molar-refractivity contribution >= 4 is 21.6 Å². The zero-order valence-corrected chi connectivity index (χ0v) is 13.7. The second-order valence-electron chi connectivity index (χ2n) is 5.99. The number of benzene rings is 1. The maximum atomic E-state index is 12.5. The van der Waals surface area contributed by atoms with E-state index in [1.54, 1.807) is 0 Å². The molecule has 1 aliphatic rings. The molecular weight excluding hydrogens is 308 g/mol. The lowest BCUT2D eigenvalue weighted by Gasteiger charge is -2.31. The van der Waals surface area contributed by atoms with Crippen LogP contribution in [0.15, 0.2) is 23.1 Å². The standard InChI is InChI=1S/C15H19ClN2O2S/c1-10-5-11(2)7-13(6-10)18-21(19,20)15-8-12(9-17)3-4-14(15)16/h3-4,8,10-11,13,18H,5-7H2,1-2H3. The molecule has 2 atom stereocenters. The van der Waals surface area contributed by atoms with Gasteiger partial charge in [0.1, 0.15) is 4.90 Å². The summed E-state index contributed by atoms with van der Waals surface area (Å²) in [7, 11) is -3.70. The van der Waals surface area contributed by atoms with Gasteiger partial charge < -0.3 is 0 Å². The highest BCUT2D eigenvalue weighted by Gasteiger charge is 2.29. The molecule has 0 radical (unpaired) electrons. The van der Waals surface area contributed by atoms with E-state index >= 15 is 0 Å². The zero-order valence-electron chi connectivity index (χ0n) is 12.1. The summed E-state index contributed by atoms with van der Waals surface area (Å²) >= 11 is 5.98. The molecule has 1 fully saturated rings. The minimum Gasteiger partial charge on any atom is -0.208 e. The minimum absolute atomic E-state index is 0.0194. The van der Waals surface area contributed by atoms with Gasteiger partial charge in [0.15, 0.2) is 0 Å². The molecule has 0 saturated heterocycles. The van der Waals surface area contributed by atoms with Crippen LogP contribution in [0, 0.1) is 23.2 Å². The Balaban J connectivity index is 2.24. The van der Waals surface area contributed by atoms with Gasteiger partial charge in [0.2, 0.25) is 10.0 Å². The summed E-state index contributed by atoms with van der Waals surface area (Å²) in [5, 5.41) is 9.04. The predicted molar refractivity (Wildman–Crippen MR) is 82.5 cm³/mol. The summed E-state index contributed by atoms with van der Waals surface area (Å²) in [6, 6.07) is 6.13. The average molecular weight is 327 g/mol. The third-order valence-electron chi connectivity index (χ3n) is 3.85. The summed E-state index contributed by atoms with van der Waals surface area (Å²) in [4.78, 5) is -0.0194. The van der Waals surface area contributed by atoms with Crippen molar-refractivity contribution in [2.75, 3.05) is 0 Å². The number of hydrogen-bond acceptors (Lipinski definition) is 3. The second-order valence-corrected chi connectivity index (χ2v) is 8.08. The molecular formula is C15H19ClN2O2S. The molecule has 0 aliphatic heterocycles. The van der Waals surface area contributed by atoms with Crippen LogP contribution in [0.5, 0.6) is 0 Å². The van der Waals surface area contributed by atoms with Crippen molar-refractivity contribution in [3.63, 3.8) is 0 Å². The lowest BCUT2D eigenvalue weighted by atomic mass is 9.81. The van der Waals surface area contributed by atoms with Gasteiger partial charge in [0, 0.05) is 6.04 Å². The lowest BCUT2D eigenvalue weighted by Crippen LogP contribution is -2.40. The van der Waals surface area contributed by atoms with E-state index in [-0.39, 0.29) is 21.5 Å². The molecule has 2 unspecified atom stereocenters. The van der Waals surface area contributed by atoms with Gasteiger partial charge in [-0.2, -0.15) is 5.26 Å². The largest absolute Gasteiger partial charge is 0.242 e. The van der Waals surface area contributed by atoms with Crippen molar-refractivity contribution in [3.8, 4) is 6.07 Å². The fraction of sp³-hybridized carbons (Fsp3) is 0.533. The lowest BCUT2D eigenvalue weighted by molar-refractivity contribution is 0.257. The van der Waals surface area contributed by atoms with Gasteiger partial charge in [0.25, 0.3) is 0 Å². The van der Waals surface area contributed by atoms with E-state index in [0.717, 1.165) is 19.3 Å². The summed E-state index contributed by atoms with van der Waals surface area (Å²) in [6.45, 7) is 4.28. The zero-order chi connectivity index (χ0) is 15.6. The van der Waals surface area contributed by atoms with Crippen LogP contribution >= 0.6 is 11.6 Å². The first-order valence-electron chi connectivity index (χ1n) is 7.04. The Morgan fingerprint density at radius 2 is 1.86 bits per heavy atom. The van der Waals surface area contributed by atoms with Crippen LogP contribution in [0.4, 0.5) is 0 Å². The van der Waals surface area contributed by atoms with E-state index in [9.17, 15) is 8.42 Å². The Kier molecular flexibility index (Phi) is 4.92. The highest BCUT2D eigenvalue weighted by Crippen LogP contribution is 2.30. The summed E-state index contributed by atoms with van der Waals surface area (Å²) in [6.07, 6.45) is 2.79. The number of rotatable bonds is 3. The van der Waals surface area contributed by atoms with Gasteiger partial charge in [-0.25, -0.2) is 13.1 Å². The molecule has 1 N–H and O–H groups in total. The molecule has 1 aliphatic carbocycles. The minimum atomic E-state index is -3.70. The number of sulfonamides is 1. The van der Waals surface area contributed by atoms with Crippen LogP contribution < -0.4 is 4.72 Å². The molecule has 0 amide bonds. The monoisotopic (exact) mass is 326 g/mol. The Bertz CT molecular complexity index is 657. The van der Waals surface area contributed by atoms with E-state index in [0.29, 0.717) is 11.8 Å². The first-order chi connectivity index (χ1) is 9.81. The molecule has 2 rings (SSSR count). The molecule has 1 aromatic carbocycles. The Labute approximate surface area is 131 Å².